The molecular weight excluding hydrogens is 272 g/mol. The van der Waals surface area contributed by atoms with Crippen molar-refractivity contribution < 1.29 is 9.59 Å². The minimum Gasteiger partial charge on any atom is -0.294 e. The predicted octanol–water partition coefficient (Wildman–Crippen LogP) is 2.20. The minimum atomic E-state index is -0.355. The Morgan fingerprint density at radius 1 is 1.38 bits per heavy atom. The summed E-state index contributed by atoms with van der Waals surface area (Å²) in [5, 5.41) is 2.29. The maximum atomic E-state index is 11.6. The summed E-state index contributed by atoms with van der Waals surface area (Å²) >= 11 is 3.42. The fourth-order valence-corrected chi connectivity index (χ4v) is 1.93. The number of nitrogens with zero attached hydrogens (tertiary/aromatic N) is 1. The number of benzene rings is 1. The summed E-state index contributed by atoms with van der Waals surface area (Å²) in [7, 11) is 0. The molecule has 1 N–H and O–H groups in total. The smallest absolute Gasteiger partial charge is 0.294 e. The molecule has 2 rings (SSSR count). The molecule has 0 radical (unpaired) electrons. The Hall–Kier alpha value is -1.36. The lowest BCUT2D eigenvalue weighted by Gasteiger charge is -2.26. The number of nitrogens with one attached hydrogen (secondary N) is 1. The lowest BCUT2D eigenvalue weighted by molar-refractivity contribution is -0.120. The number of carbonyl (C=O) groups excluding carboxylic acids is 2. The average molecular weight is 283 g/mol. The van der Waals surface area contributed by atoms with Crippen molar-refractivity contribution in [1.82, 2.24) is 5.32 Å². The van der Waals surface area contributed by atoms with Gasteiger partial charge in [0.25, 0.3) is 0 Å². The van der Waals surface area contributed by atoms with Gasteiger partial charge in [-0.2, -0.15) is 0 Å². The molecule has 0 saturated carbocycles. The van der Waals surface area contributed by atoms with E-state index in [-0.39, 0.29) is 11.9 Å². The summed E-state index contributed by atoms with van der Waals surface area (Å²) in [6, 6.07) is 5.33. The highest BCUT2D eigenvalue weighted by Crippen LogP contribution is 2.24. The van der Waals surface area contributed by atoms with E-state index in [1.54, 1.807) is 4.90 Å². The van der Waals surface area contributed by atoms with Crippen LogP contribution in [-0.2, 0) is 4.79 Å². The number of hydrogen-bond acceptors (Lipinski definition) is 2. The van der Waals surface area contributed by atoms with Crippen molar-refractivity contribution in [2.45, 2.75) is 13.3 Å². The summed E-state index contributed by atoms with van der Waals surface area (Å²) in [5.41, 5.74) is 1.90. The van der Waals surface area contributed by atoms with Gasteiger partial charge in [-0.3, -0.25) is 15.0 Å². The maximum Gasteiger partial charge on any atom is 0.328 e. The van der Waals surface area contributed by atoms with E-state index in [0.29, 0.717) is 13.0 Å². The van der Waals surface area contributed by atoms with Crippen LogP contribution in [0.4, 0.5) is 10.5 Å². The molecule has 4 nitrogen and oxygen atoms in total. The van der Waals surface area contributed by atoms with Crippen molar-refractivity contribution in [3.63, 3.8) is 0 Å². The van der Waals surface area contributed by atoms with Crippen LogP contribution in [0.3, 0.4) is 0 Å². The second-order valence-electron chi connectivity index (χ2n) is 3.69. The van der Waals surface area contributed by atoms with E-state index in [1.165, 1.54) is 0 Å². The summed E-state index contributed by atoms with van der Waals surface area (Å²) in [5.74, 6) is -0.215. The van der Waals surface area contributed by atoms with E-state index in [9.17, 15) is 9.59 Å². The van der Waals surface area contributed by atoms with Gasteiger partial charge in [0.1, 0.15) is 0 Å². The average Bonchev–Trinajstić information content (AvgIpc) is 2.22. The molecule has 1 aromatic carbocycles. The molecule has 1 heterocycles. The normalized spacial score (nSPS) is 16.2. The van der Waals surface area contributed by atoms with Gasteiger partial charge in [-0.25, -0.2) is 4.79 Å². The highest BCUT2D eigenvalue weighted by Gasteiger charge is 2.24. The van der Waals surface area contributed by atoms with Crippen LogP contribution in [0.1, 0.15) is 12.0 Å². The zero-order chi connectivity index (χ0) is 11.7. The number of aryl methyl sites for hydroxylation is 1. The zero-order valence-corrected chi connectivity index (χ0v) is 10.4. The number of carbonyl (C=O) groups is 2. The molecular formula is C11H11BrN2O2. The number of urea groups is 1. The Bertz CT molecular complexity index is 459. The lowest BCUT2D eigenvalue weighted by Crippen LogP contribution is -2.49. The summed E-state index contributed by atoms with van der Waals surface area (Å²) < 4.78 is 0.953. The molecule has 1 aliphatic rings. The molecule has 0 aliphatic carbocycles. The van der Waals surface area contributed by atoms with Gasteiger partial charge in [-0.1, -0.05) is 22.0 Å². The molecule has 1 aliphatic heterocycles. The Kier molecular flexibility index (Phi) is 2.96. The van der Waals surface area contributed by atoms with Gasteiger partial charge < -0.3 is 0 Å². The van der Waals surface area contributed by atoms with Crippen molar-refractivity contribution in [2.75, 3.05) is 11.4 Å². The van der Waals surface area contributed by atoms with Gasteiger partial charge in [-0.15, -0.1) is 0 Å². The molecule has 5 heteroatoms. The Balaban J connectivity index is 2.27. The SMILES string of the molecule is Cc1ccc(N2CCC(=O)NC2=O)cc1Br. The fourth-order valence-electron chi connectivity index (χ4n) is 1.56. The van der Waals surface area contributed by atoms with Gasteiger partial charge in [0.05, 0.1) is 0 Å². The van der Waals surface area contributed by atoms with Crippen molar-refractivity contribution >= 4 is 33.6 Å². The van der Waals surface area contributed by atoms with Crippen LogP contribution in [0, 0.1) is 6.92 Å². The van der Waals surface area contributed by atoms with Crippen LogP contribution >= 0.6 is 15.9 Å². The van der Waals surface area contributed by atoms with Crippen LogP contribution in [0.2, 0.25) is 0 Å². The van der Waals surface area contributed by atoms with Gasteiger partial charge in [0.15, 0.2) is 0 Å². The monoisotopic (exact) mass is 282 g/mol. The van der Waals surface area contributed by atoms with Crippen LogP contribution in [0.25, 0.3) is 0 Å². The molecule has 0 aromatic heterocycles. The molecule has 1 fully saturated rings. The summed E-state index contributed by atoms with van der Waals surface area (Å²) in [6.45, 7) is 2.41. The topological polar surface area (TPSA) is 49.4 Å². The number of imide groups is 1. The first-order valence-corrected chi connectivity index (χ1v) is 5.75. The first kappa shape index (κ1) is 11.1. The molecule has 0 spiro atoms. The van der Waals surface area contributed by atoms with Crippen LogP contribution in [0.5, 0.6) is 0 Å². The van der Waals surface area contributed by atoms with Gasteiger partial charge >= 0.3 is 6.03 Å². The van der Waals surface area contributed by atoms with Gasteiger partial charge in [0.2, 0.25) is 5.91 Å². The highest BCUT2D eigenvalue weighted by atomic mass is 79.9. The number of anilines is 1. The minimum absolute atomic E-state index is 0.215. The van der Waals surface area contributed by atoms with E-state index < -0.39 is 0 Å². The number of hydrogen-bond donors (Lipinski definition) is 1. The largest absolute Gasteiger partial charge is 0.328 e. The second kappa shape index (κ2) is 4.25. The molecule has 0 bridgehead atoms. The third-order valence-electron chi connectivity index (χ3n) is 2.52. The van der Waals surface area contributed by atoms with Crippen LogP contribution in [-0.4, -0.2) is 18.5 Å². The number of halogens is 1. The van der Waals surface area contributed by atoms with Crippen molar-refractivity contribution in [1.29, 1.82) is 0 Å². The standard InChI is InChI=1S/C11H11BrN2O2/c1-7-2-3-8(6-9(7)12)14-5-4-10(15)13-11(14)16/h2-3,6H,4-5H2,1H3,(H,13,15,16). The van der Waals surface area contributed by atoms with E-state index in [2.05, 4.69) is 21.2 Å². The third-order valence-corrected chi connectivity index (χ3v) is 3.38. The number of amides is 3. The predicted molar refractivity (Wildman–Crippen MR) is 64.4 cm³/mol. The van der Waals surface area contributed by atoms with E-state index in [0.717, 1.165) is 15.7 Å². The van der Waals surface area contributed by atoms with E-state index in [4.69, 9.17) is 0 Å². The van der Waals surface area contributed by atoms with Crippen molar-refractivity contribution in [3.8, 4) is 0 Å². The molecule has 3 amide bonds. The Labute approximate surface area is 102 Å². The van der Waals surface area contributed by atoms with Gasteiger partial charge in [-0.05, 0) is 24.6 Å². The first-order valence-electron chi connectivity index (χ1n) is 4.95. The quantitative estimate of drug-likeness (QED) is 0.859. The molecule has 16 heavy (non-hydrogen) atoms. The van der Waals surface area contributed by atoms with E-state index >= 15 is 0 Å². The molecule has 84 valence electrons. The summed E-state index contributed by atoms with van der Waals surface area (Å²) in [6.07, 6.45) is 0.344. The van der Waals surface area contributed by atoms with Gasteiger partial charge in [0, 0.05) is 23.1 Å². The highest BCUT2D eigenvalue weighted by molar-refractivity contribution is 9.10. The van der Waals surface area contributed by atoms with Crippen molar-refractivity contribution in [2.24, 2.45) is 0 Å². The molecule has 0 atom stereocenters. The third kappa shape index (κ3) is 2.09. The molecule has 1 aromatic rings. The van der Waals surface area contributed by atoms with Crippen LogP contribution in [0.15, 0.2) is 22.7 Å². The van der Waals surface area contributed by atoms with Crippen molar-refractivity contribution in [3.05, 3.63) is 28.2 Å². The lowest BCUT2D eigenvalue weighted by atomic mass is 10.2. The number of rotatable bonds is 1. The maximum absolute atomic E-state index is 11.6. The second-order valence-corrected chi connectivity index (χ2v) is 4.54. The first-order chi connectivity index (χ1) is 7.58. The summed E-state index contributed by atoms with van der Waals surface area (Å²) in [4.78, 5) is 24.1. The Morgan fingerprint density at radius 2 is 2.12 bits per heavy atom. The molecule has 0 unspecified atom stereocenters. The fraction of sp³-hybridized carbons (Fsp3) is 0.273. The molecule has 1 saturated heterocycles. The Morgan fingerprint density at radius 3 is 2.75 bits per heavy atom. The van der Waals surface area contributed by atoms with E-state index in [1.807, 2.05) is 25.1 Å². The zero-order valence-electron chi connectivity index (χ0n) is 8.79. The van der Waals surface area contributed by atoms with Crippen LogP contribution < -0.4 is 10.2 Å².